The van der Waals surface area contributed by atoms with Crippen molar-refractivity contribution in [2.75, 3.05) is 0 Å². The summed E-state index contributed by atoms with van der Waals surface area (Å²) in [6.45, 7) is 1.60. The molecule has 2 aromatic rings. The Balaban J connectivity index is 2.80. The third-order valence-electron chi connectivity index (χ3n) is 2.01. The van der Waals surface area contributed by atoms with Crippen LogP contribution >= 0.6 is 0 Å². The fourth-order valence-electron chi connectivity index (χ4n) is 1.39. The molecule has 68 valence electrons. The quantitative estimate of drug-likeness (QED) is 0.702. The molecule has 0 saturated carbocycles. The van der Waals surface area contributed by atoms with E-state index in [1.54, 1.807) is 19.2 Å². The molecule has 0 radical (unpaired) electrons. The minimum Gasteiger partial charge on any atom is -0.389 e. The van der Waals surface area contributed by atoms with Gasteiger partial charge in [0.05, 0.1) is 11.5 Å². The highest BCUT2D eigenvalue weighted by molar-refractivity contribution is 5.80. The van der Waals surface area contributed by atoms with Gasteiger partial charge >= 0.3 is 0 Å². The predicted octanol–water partition coefficient (Wildman–Crippen LogP) is 1.76. The topological polar surface area (TPSA) is 48.9 Å². The Morgan fingerprint density at radius 3 is 3.08 bits per heavy atom. The standard InChI is InChI=1S/C9H9FN2O/c1-5(13)6-2-3-11-9-8(6)7(10)4-12-9/h2-5,13H,1H3,(H,11,12). The molecule has 2 aromatic heterocycles. The number of nitrogens with zero attached hydrogens (tertiary/aromatic N) is 1. The lowest BCUT2D eigenvalue weighted by Crippen LogP contribution is -1.93. The molecule has 0 spiro atoms. The van der Waals surface area contributed by atoms with Crippen LogP contribution in [0.4, 0.5) is 4.39 Å². The van der Waals surface area contributed by atoms with Gasteiger partial charge in [-0.1, -0.05) is 0 Å². The number of fused-ring (bicyclic) bond motifs is 1. The average molecular weight is 180 g/mol. The van der Waals surface area contributed by atoms with Gasteiger partial charge in [0.25, 0.3) is 0 Å². The predicted molar refractivity (Wildman–Crippen MR) is 46.7 cm³/mol. The van der Waals surface area contributed by atoms with Gasteiger partial charge in [-0.2, -0.15) is 0 Å². The number of aliphatic hydroxyl groups is 1. The molecule has 4 heteroatoms. The number of hydrogen-bond acceptors (Lipinski definition) is 2. The lowest BCUT2D eigenvalue weighted by atomic mass is 10.1. The molecule has 2 N–H and O–H groups in total. The molecule has 0 aliphatic carbocycles. The van der Waals surface area contributed by atoms with Crippen molar-refractivity contribution in [1.29, 1.82) is 0 Å². The van der Waals surface area contributed by atoms with E-state index in [0.29, 0.717) is 16.6 Å². The van der Waals surface area contributed by atoms with Gasteiger partial charge in [0.15, 0.2) is 5.82 Å². The molecule has 3 nitrogen and oxygen atoms in total. The summed E-state index contributed by atoms with van der Waals surface area (Å²) in [5.74, 6) is -0.376. The third kappa shape index (κ3) is 1.19. The number of halogens is 1. The third-order valence-corrected chi connectivity index (χ3v) is 2.01. The van der Waals surface area contributed by atoms with Crippen molar-refractivity contribution >= 4 is 11.0 Å². The maximum Gasteiger partial charge on any atom is 0.150 e. The fourth-order valence-corrected chi connectivity index (χ4v) is 1.39. The van der Waals surface area contributed by atoms with E-state index in [4.69, 9.17) is 0 Å². The molecule has 0 aliphatic rings. The van der Waals surface area contributed by atoms with E-state index in [1.165, 1.54) is 6.20 Å². The van der Waals surface area contributed by atoms with Crippen molar-refractivity contribution < 1.29 is 9.50 Å². The van der Waals surface area contributed by atoms with E-state index in [2.05, 4.69) is 9.97 Å². The van der Waals surface area contributed by atoms with Gasteiger partial charge < -0.3 is 10.1 Å². The fraction of sp³-hybridized carbons (Fsp3) is 0.222. The second kappa shape index (κ2) is 2.81. The Labute approximate surface area is 74.2 Å². The minimum absolute atomic E-state index is 0.373. The van der Waals surface area contributed by atoms with Crippen LogP contribution in [0.5, 0.6) is 0 Å². The van der Waals surface area contributed by atoms with Gasteiger partial charge in [-0.15, -0.1) is 0 Å². The van der Waals surface area contributed by atoms with Crippen LogP contribution in [-0.4, -0.2) is 15.1 Å². The molecule has 1 atom stereocenters. The van der Waals surface area contributed by atoms with Crippen molar-refractivity contribution in [3.8, 4) is 0 Å². The zero-order chi connectivity index (χ0) is 9.42. The molecular formula is C9H9FN2O. The molecule has 0 aromatic carbocycles. The summed E-state index contributed by atoms with van der Waals surface area (Å²) < 4.78 is 13.2. The van der Waals surface area contributed by atoms with E-state index in [9.17, 15) is 9.50 Å². The monoisotopic (exact) mass is 180 g/mol. The number of pyridine rings is 1. The summed E-state index contributed by atoms with van der Waals surface area (Å²) in [4.78, 5) is 6.62. The molecule has 0 aliphatic heterocycles. The summed E-state index contributed by atoms with van der Waals surface area (Å²) in [5.41, 5.74) is 1.03. The first-order valence-electron chi connectivity index (χ1n) is 3.99. The van der Waals surface area contributed by atoms with E-state index < -0.39 is 6.10 Å². The molecule has 0 fully saturated rings. The molecular weight excluding hydrogens is 171 g/mol. The van der Waals surface area contributed by atoms with Gasteiger partial charge in [0.2, 0.25) is 0 Å². The Morgan fingerprint density at radius 1 is 1.62 bits per heavy atom. The number of H-pyrrole nitrogens is 1. The van der Waals surface area contributed by atoms with Crippen molar-refractivity contribution in [2.24, 2.45) is 0 Å². The van der Waals surface area contributed by atoms with Crippen molar-refractivity contribution in [2.45, 2.75) is 13.0 Å². The van der Waals surface area contributed by atoms with Crippen LogP contribution in [0.15, 0.2) is 18.5 Å². The van der Waals surface area contributed by atoms with Crippen LogP contribution < -0.4 is 0 Å². The number of hydrogen-bond donors (Lipinski definition) is 2. The Bertz CT molecular complexity index is 436. The van der Waals surface area contributed by atoms with Crippen molar-refractivity contribution in [1.82, 2.24) is 9.97 Å². The van der Waals surface area contributed by atoms with Crippen molar-refractivity contribution in [3.05, 3.63) is 29.8 Å². The van der Waals surface area contributed by atoms with Gasteiger partial charge in [0.1, 0.15) is 5.65 Å². The van der Waals surface area contributed by atoms with Crippen LogP contribution in [0.3, 0.4) is 0 Å². The lowest BCUT2D eigenvalue weighted by Gasteiger charge is -2.04. The Morgan fingerprint density at radius 2 is 2.38 bits per heavy atom. The highest BCUT2D eigenvalue weighted by Gasteiger charge is 2.12. The SMILES string of the molecule is CC(O)c1ccnc2[nH]cc(F)c12. The Hall–Kier alpha value is -1.42. The summed E-state index contributed by atoms with van der Waals surface area (Å²) in [5, 5.41) is 9.73. The normalized spacial score (nSPS) is 13.5. The summed E-state index contributed by atoms with van der Waals surface area (Å²) in [6.07, 6.45) is 2.10. The van der Waals surface area contributed by atoms with Crippen LogP contribution in [0.1, 0.15) is 18.6 Å². The number of aliphatic hydroxyl groups excluding tert-OH is 1. The summed E-state index contributed by atoms with van der Waals surface area (Å²) in [6, 6.07) is 1.62. The maximum atomic E-state index is 13.2. The van der Waals surface area contributed by atoms with Gasteiger partial charge in [-0.3, -0.25) is 0 Å². The number of rotatable bonds is 1. The highest BCUT2D eigenvalue weighted by atomic mass is 19.1. The highest BCUT2D eigenvalue weighted by Crippen LogP contribution is 2.24. The smallest absolute Gasteiger partial charge is 0.150 e. The van der Waals surface area contributed by atoms with Crippen LogP contribution in [0.2, 0.25) is 0 Å². The molecule has 0 amide bonds. The van der Waals surface area contributed by atoms with Crippen LogP contribution in [0, 0.1) is 5.82 Å². The van der Waals surface area contributed by atoms with Gasteiger partial charge in [-0.05, 0) is 18.6 Å². The Kier molecular flexibility index (Phi) is 1.77. The van der Waals surface area contributed by atoms with Gasteiger partial charge in [0, 0.05) is 12.4 Å². The molecule has 2 heterocycles. The lowest BCUT2D eigenvalue weighted by molar-refractivity contribution is 0.200. The summed E-state index contributed by atoms with van der Waals surface area (Å²) >= 11 is 0. The molecule has 13 heavy (non-hydrogen) atoms. The first-order valence-corrected chi connectivity index (χ1v) is 3.99. The van der Waals surface area contributed by atoms with E-state index in [0.717, 1.165) is 0 Å². The second-order valence-electron chi connectivity index (χ2n) is 2.94. The maximum absolute atomic E-state index is 13.2. The molecule has 0 bridgehead atoms. The molecule has 1 unspecified atom stereocenters. The number of nitrogens with one attached hydrogen (secondary N) is 1. The van der Waals surface area contributed by atoms with Crippen LogP contribution in [0.25, 0.3) is 11.0 Å². The van der Waals surface area contributed by atoms with Gasteiger partial charge in [-0.25, -0.2) is 9.37 Å². The molecule has 2 rings (SSSR count). The minimum atomic E-state index is -0.684. The number of aromatic amines is 1. The first kappa shape index (κ1) is 8.19. The van der Waals surface area contributed by atoms with Crippen molar-refractivity contribution in [3.63, 3.8) is 0 Å². The van der Waals surface area contributed by atoms with E-state index in [1.807, 2.05) is 0 Å². The zero-order valence-electron chi connectivity index (χ0n) is 7.08. The zero-order valence-corrected chi connectivity index (χ0v) is 7.08. The van der Waals surface area contributed by atoms with E-state index in [-0.39, 0.29) is 5.82 Å². The van der Waals surface area contributed by atoms with E-state index >= 15 is 0 Å². The second-order valence-corrected chi connectivity index (χ2v) is 2.94. The average Bonchev–Trinajstić information content (AvgIpc) is 2.48. The summed E-state index contributed by atoms with van der Waals surface area (Å²) in [7, 11) is 0. The number of aromatic nitrogens is 2. The molecule has 0 saturated heterocycles. The van der Waals surface area contributed by atoms with Crippen LogP contribution in [-0.2, 0) is 0 Å². The largest absolute Gasteiger partial charge is 0.389 e. The first-order chi connectivity index (χ1) is 6.20.